The number of aryl methyl sites for hydroxylation is 1. The van der Waals surface area contributed by atoms with Gasteiger partial charge in [0.2, 0.25) is 0 Å². The molecule has 3 rings (SSSR count). The topological polar surface area (TPSA) is 76.8 Å². The number of hydrogen-bond donors (Lipinski definition) is 1. The first-order valence-corrected chi connectivity index (χ1v) is 6.81. The maximum atomic E-state index is 6.03. The highest BCUT2D eigenvalue weighted by Crippen LogP contribution is 2.31. The van der Waals surface area contributed by atoms with Gasteiger partial charge in [0.25, 0.3) is 5.89 Å². The van der Waals surface area contributed by atoms with Gasteiger partial charge in [0.05, 0.1) is 18.9 Å². The van der Waals surface area contributed by atoms with Crippen LogP contribution in [0.3, 0.4) is 0 Å². The van der Waals surface area contributed by atoms with Gasteiger partial charge in [0, 0.05) is 11.4 Å². The van der Waals surface area contributed by atoms with E-state index in [2.05, 4.69) is 20.1 Å². The molecule has 6 nitrogen and oxygen atoms in total. The predicted molar refractivity (Wildman–Crippen MR) is 78.3 cm³/mol. The van der Waals surface area contributed by atoms with E-state index in [0.29, 0.717) is 40.4 Å². The fourth-order valence-corrected chi connectivity index (χ4v) is 2.11. The number of H-pyrrole nitrogens is 1. The van der Waals surface area contributed by atoms with Crippen molar-refractivity contribution in [3.05, 3.63) is 35.2 Å². The highest BCUT2D eigenvalue weighted by atomic mass is 35.5. The largest absolute Gasteiger partial charge is 0.496 e. The summed E-state index contributed by atoms with van der Waals surface area (Å²) in [7, 11) is 1.60. The van der Waals surface area contributed by atoms with Gasteiger partial charge >= 0.3 is 0 Å². The van der Waals surface area contributed by atoms with E-state index in [4.69, 9.17) is 20.9 Å². The number of nitrogens with zero attached hydrogens (tertiary/aromatic N) is 3. The van der Waals surface area contributed by atoms with Crippen molar-refractivity contribution in [1.29, 1.82) is 0 Å². The molecule has 3 aromatic rings. The summed E-state index contributed by atoms with van der Waals surface area (Å²) in [6.45, 7) is 1.96. The van der Waals surface area contributed by atoms with Gasteiger partial charge in [-0.05, 0) is 18.2 Å². The summed E-state index contributed by atoms with van der Waals surface area (Å²) >= 11 is 6.03. The number of methoxy groups -OCH3 is 1. The van der Waals surface area contributed by atoms with E-state index in [1.807, 2.05) is 6.92 Å². The van der Waals surface area contributed by atoms with Gasteiger partial charge < -0.3 is 14.2 Å². The Morgan fingerprint density at radius 3 is 2.95 bits per heavy atom. The Morgan fingerprint density at radius 1 is 1.38 bits per heavy atom. The van der Waals surface area contributed by atoms with E-state index < -0.39 is 0 Å². The Labute approximate surface area is 126 Å². The fourth-order valence-electron chi connectivity index (χ4n) is 1.94. The lowest BCUT2D eigenvalue weighted by Crippen LogP contribution is -1.89. The molecule has 0 radical (unpaired) electrons. The lowest BCUT2D eigenvalue weighted by atomic mass is 10.2. The van der Waals surface area contributed by atoms with Crippen molar-refractivity contribution in [3.8, 4) is 28.7 Å². The molecule has 0 saturated heterocycles. The number of ether oxygens (including phenoxy) is 1. The van der Waals surface area contributed by atoms with Gasteiger partial charge in [-0.3, -0.25) is 0 Å². The molecule has 1 N–H and O–H groups in total. The zero-order chi connectivity index (χ0) is 14.8. The Kier molecular flexibility index (Phi) is 3.62. The number of imidazole rings is 1. The predicted octanol–water partition coefficient (Wildman–Crippen LogP) is 3.35. The second kappa shape index (κ2) is 5.57. The van der Waals surface area contributed by atoms with Gasteiger partial charge in [-0.15, -0.1) is 0 Å². The molecule has 0 amide bonds. The number of halogens is 1. The van der Waals surface area contributed by atoms with Crippen LogP contribution in [0.15, 0.2) is 28.9 Å². The Morgan fingerprint density at radius 2 is 2.24 bits per heavy atom. The number of rotatable bonds is 4. The molecule has 0 bridgehead atoms. The zero-order valence-electron chi connectivity index (χ0n) is 11.6. The van der Waals surface area contributed by atoms with Crippen LogP contribution in [0.25, 0.3) is 23.0 Å². The summed E-state index contributed by atoms with van der Waals surface area (Å²) in [4.78, 5) is 11.7. The Bertz CT molecular complexity index is 766. The Hall–Kier alpha value is -2.34. The molecule has 0 aliphatic rings. The third kappa shape index (κ3) is 2.62. The smallest absolute Gasteiger partial charge is 0.275 e. The highest BCUT2D eigenvalue weighted by molar-refractivity contribution is 6.30. The third-order valence-electron chi connectivity index (χ3n) is 3.01. The zero-order valence-corrected chi connectivity index (χ0v) is 12.3. The van der Waals surface area contributed by atoms with Crippen molar-refractivity contribution >= 4 is 11.6 Å². The third-order valence-corrected chi connectivity index (χ3v) is 3.24. The van der Waals surface area contributed by atoms with Crippen molar-refractivity contribution in [2.45, 2.75) is 13.3 Å². The van der Waals surface area contributed by atoms with Crippen LogP contribution in [0.2, 0.25) is 5.02 Å². The van der Waals surface area contributed by atoms with E-state index in [-0.39, 0.29) is 0 Å². The van der Waals surface area contributed by atoms with Crippen LogP contribution in [0.1, 0.15) is 12.7 Å². The molecule has 21 heavy (non-hydrogen) atoms. The second-order valence-electron chi connectivity index (χ2n) is 4.36. The molecule has 0 saturated carbocycles. The summed E-state index contributed by atoms with van der Waals surface area (Å²) in [5, 5.41) is 4.47. The standard InChI is InChI=1S/C14H13ClN4O2/c1-3-12-18-14(21-19-12)10-7-16-13(17-10)9-6-8(15)4-5-11(9)20-2/h4-7H,3H2,1-2H3,(H,16,17). The first kappa shape index (κ1) is 13.6. The monoisotopic (exact) mass is 304 g/mol. The van der Waals surface area contributed by atoms with E-state index in [1.54, 1.807) is 31.5 Å². The lowest BCUT2D eigenvalue weighted by molar-refractivity contribution is 0.416. The van der Waals surface area contributed by atoms with E-state index in [9.17, 15) is 0 Å². The summed E-state index contributed by atoms with van der Waals surface area (Å²) < 4.78 is 10.5. The molecule has 2 aromatic heterocycles. The van der Waals surface area contributed by atoms with Crippen LogP contribution >= 0.6 is 11.6 Å². The number of nitrogens with one attached hydrogen (secondary N) is 1. The van der Waals surface area contributed by atoms with Gasteiger partial charge in [-0.2, -0.15) is 4.98 Å². The molecule has 0 aliphatic heterocycles. The van der Waals surface area contributed by atoms with Crippen LogP contribution in [0.5, 0.6) is 5.75 Å². The molecule has 2 heterocycles. The number of benzene rings is 1. The molecular weight excluding hydrogens is 292 g/mol. The maximum absolute atomic E-state index is 6.03. The number of aromatic nitrogens is 4. The first-order valence-electron chi connectivity index (χ1n) is 6.43. The van der Waals surface area contributed by atoms with Crippen LogP contribution in [-0.2, 0) is 6.42 Å². The molecule has 7 heteroatoms. The number of aromatic amines is 1. The van der Waals surface area contributed by atoms with E-state index in [1.165, 1.54) is 0 Å². The van der Waals surface area contributed by atoms with Crippen molar-refractivity contribution < 1.29 is 9.26 Å². The molecule has 108 valence electrons. The first-order chi connectivity index (χ1) is 10.2. The Balaban J connectivity index is 2.00. The van der Waals surface area contributed by atoms with Gasteiger partial charge in [0.1, 0.15) is 17.3 Å². The molecule has 0 aliphatic carbocycles. The maximum Gasteiger partial charge on any atom is 0.275 e. The van der Waals surface area contributed by atoms with Crippen molar-refractivity contribution in [2.24, 2.45) is 0 Å². The van der Waals surface area contributed by atoms with E-state index >= 15 is 0 Å². The molecule has 0 fully saturated rings. The van der Waals surface area contributed by atoms with E-state index in [0.717, 1.165) is 5.56 Å². The highest BCUT2D eigenvalue weighted by Gasteiger charge is 2.14. The van der Waals surface area contributed by atoms with Gasteiger partial charge in [-0.25, -0.2) is 4.98 Å². The molecular formula is C14H13ClN4O2. The van der Waals surface area contributed by atoms with Gasteiger partial charge in [0.15, 0.2) is 5.82 Å². The van der Waals surface area contributed by atoms with Gasteiger partial charge in [-0.1, -0.05) is 23.7 Å². The quantitative estimate of drug-likeness (QED) is 0.800. The SMILES string of the molecule is CCc1noc(-c2cnc(-c3cc(Cl)ccc3OC)[nH]2)n1. The number of hydrogen-bond acceptors (Lipinski definition) is 5. The molecule has 0 spiro atoms. The normalized spacial score (nSPS) is 10.8. The van der Waals surface area contributed by atoms with Crippen LogP contribution in [0.4, 0.5) is 0 Å². The minimum atomic E-state index is 0.409. The molecule has 0 unspecified atom stereocenters. The van der Waals surface area contributed by atoms with Crippen LogP contribution in [0, 0.1) is 0 Å². The minimum absolute atomic E-state index is 0.409. The van der Waals surface area contributed by atoms with Crippen molar-refractivity contribution in [2.75, 3.05) is 7.11 Å². The minimum Gasteiger partial charge on any atom is -0.496 e. The van der Waals surface area contributed by atoms with Crippen LogP contribution in [-0.4, -0.2) is 27.2 Å². The summed E-state index contributed by atoms with van der Waals surface area (Å²) in [5.41, 5.74) is 1.42. The van der Waals surface area contributed by atoms with Crippen molar-refractivity contribution in [3.63, 3.8) is 0 Å². The summed E-state index contributed by atoms with van der Waals surface area (Å²) in [6, 6.07) is 5.34. The lowest BCUT2D eigenvalue weighted by Gasteiger charge is -2.06. The second-order valence-corrected chi connectivity index (χ2v) is 4.80. The molecule has 0 atom stereocenters. The average Bonchev–Trinajstić information content (AvgIpc) is 3.16. The molecule has 1 aromatic carbocycles. The summed E-state index contributed by atoms with van der Waals surface area (Å²) in [6.07, 6.45) is 2.36. The fraction of sp³-hybridized carbons (Fsp3) is 0.214. The van der Waals surface area contributed by atoms with Crippen molar-refractivity contribution in [1.82, 2.24) is 20.1 Å². The average molecular weight is 305 g/mol. The summed E-state index contributed by atoms with van der Waals surface area (Å²) in [5.74, 6) is 2.37. The van der Waals surface area contributed by atoms with Crippen LogP contribution < -0.4 is 4.74 Å².